The molecule has 1 aromatic heterocycles. The number of hydrogen-bond acceptors (Lipinski definition) is 4. The number of rotatable bonds is 5. The van der Waals surface area contributed by atoms with E-state index < -0.39 is 0 Å². The first-order valence-electron chi connectivity index (χ1n) is 5.84. The van der Waals surface area contributed by atoms with Crippen LogP contribution in [0.15, 0.2) is 41.8 Å². The minimum absolute atomic E-state index is 0.299. The number of ether oxygens (including phenoxy) is 1. The lowest BCUT2D eigenvalue weighted by Crippen LogP contribution is -2.02. The van der Waals surface area contributed by atoms with Crippen molar-refractivity contribution >= 4 is 33.1 Å². The largest absolute Gasteiger partial charge is 0.463 e. The lowest BCUT2D eigenvalue weighted by Gasteiger charge is -2.03. The molecule has 2 aromatic rings. The van der Waals surface area contributed by atoms with Crippen molar-refractivity contribution in [2.24, 2.45) is 0 Å². The molecule has 2 rings (SSSR count). The van der Waals surface area contributed by atoms with Gasteiger partial charge in [-0.3, -0.25) is 0 Å². The summed E-state index contributed by atoms with van der Waals surface area (Å²) >= 11 is 1.73. The number of nitrogens with one attached hydrogen (secondary N) is 1. The zero-order chi connectivity index (χ0) is 12.8. The van der Waals surface area contributed by atoms with E-state index in [1.807, 2.05) is 6.07 Å². The second-order valence-corrected chi connectivity index (χ2v) is 4.66. The molecule has 0 fully saturated rings. The van der Waals surface area contributed by atoms with Crippen LogP contribution in [0.1, 0.15) is 6.92 Å². The number of hydrogen-bond donors (Lipinski definition) is 1. The highest BCUT2D eigenvalue weighted by molar-refractivity contribution is 7.17. The Balaban J connectivity index is 1.88. The van der Waals surface area contributed by atoms with Gasteiger partial charge in [0, 0.05) is 23.0 Å². The molecule has 3 nitrogen and oxygen atoms in total. The lowest BCUT2D eigenvalue weighted by molar-refractivity contribution is -0.137. The van der Waals surface area contributed by atoms with Gasteiger partial charge in [0.1, 0.15) is 0 Å². The predicted molar refractivity (Wildman–Crippen MR) is 76.1 cm³/mol. The highest BCUT2D eigenvalue weighted by atomic mass is 32.1. The fourth-order valence-electron chi connectivity index (χ4n) is 1.60. The van der Waals surface area contributed by atoms with Gasteiger partial charge in [-0.2, -0.15) is 0 Å². The number of anilines is 1. The highest BCUT2D eigenvalue weighted by Gasteiger charge is 1.96. The van der Waals surface area contributed by atoms with Crippen LogP contribution < -0.4 is 5.32 Å². The molecule has 0 aliphatic rings. The predicted octanol–water partition coefficient (Wildman–Crippen LogP) is 3.43. The van der Waals surface area contributed by atoms with Crippen LogP contribution in [0.5, 0.6) is 0 Å². The maximum atomic E-state index is 11.1. The molecule has 4 heteroatoms. The first-order chi connectivity index (χ1) is 8.79. The minimum atomic E-state index is -0.299. The topological polar surface area (TPSA) is 38.3 Å². The molecule has 1 heterocycles. The third kappa shape index (κ3) is 3.34. The summed E-state index contributed by atoms with van der Waals surface area (Å²) in [7, 11) is 0. The quantitative estimate of drug-likeness (QED) is 0.662. The van der Waals surface area contributed by atoms with Gasteiger partial charge < -0.3 is 10.1 Å². The average molecular weight is 261 g/mol. The summed E-state index contributed by atoms with van der Waals surface area (Å²) in [5, 5.41) is 6.55. The zero-order valence-electron chi connectivity index (χ0n) is 10.2. The van der Waals surface area contributed by atoms with Crippen molar-refractivity contribution in [2.45, 2.75) is 6.92 Å². The van der Waals surface area contributed by atoms with E-state index in [1.54, 1.807) is 24.3 Å². The van der Waals surface area contributed by atoms with E-state index in [-0.39, 0.29) is 5.97 Å². The van der Waals surface area contributed by atoms with E-state index in [1.165, 1.54) is 16.2 Å². The van der Waals surface area contributed by atoms with Gasteiger partial charge in [-0.25, -0.2) is 4.79 Å². The number of esters is 1. The van der Waals surface area contributed by atoms with Crippen LogP contribution in [-0.4, -0.2) is 19.1 Å². The summed E-state index contributed by atoms with van der Waals surface area (Å²) < 4.78 is 6.07. The van der Waals surface area contributed by atoms with Gasteiger partial charge in [0.15, 0.2) is 0 Å². The van der Waals surface area contributed by atoms with Crippen LogP contribution in [0, 0.1) is 0 Å². The van der Waals surface area contributed by atoms with E-state index in [0.717, 1.165) is 5.69 Å². The maximum Gasteiger partial charge on any atom is 0.330 e. The summed E-state index contributed by atoms with van der Waals surface area (Å²) in [5.74, 6) is -0.299. The van der Waals surface area contributed by atoms with Gasteiger partial charge in [0.05, 0.1) is 6.61 Å². The van der Waals surface area contributed by atoms with Crippen molar-refractivity contribution in [2.75, 3.05) is 18.5 Å². The van der Waals surface area contributed by atoms with Crippen molar-refractivity contribution in [3.05, 3.63) is 41.8 Å². The van der Waals surface area contributed by atoms with Gasteiger partial charge >= 0.3 is 5.97 Å². The Bertz CT molecular complexity index is 560. The van der Waals surface area contributed by atoms with Crippen molar-refractivity contribution in [1.82, 2.24) is 0 Å². The number of fused-ring (bicyclic) bond motifs is 1. The number of benzene rings is 1. The molecule has 0 aliphatic carbocycles. The van der Waals surface area contributed by atoms with Crippen LogP contribution in [-0.2, 0) is 9.53 Å². The van der Waals surface area contributed by atoms with Crippen LogP contribution in [0.2, 0.25) is 0 Å². The molecule has 1 N–H and O–H groups in total. The molecule has 0 aliphatic heterocycles. The van der Waals surface area contributed by atoms with Crippen LogP contribution >= 0.6 is 11.3 Å². The molecular weight excluding hydrogens is 246 g/mol. The first-order valence-corrected chi connectivity index (χ1v) is 6.72. The molecule has 0 unspecified atom stereocenters. The second kappa shape index (κ2) is 6.21. The van der Waals surface area contributed by atoms with Gasteiger partial charge in [0.2, 0.25) is 0 Å². The third-order valence-electron chi connectivity index (χ3n) is 2.42. The molecule has 0 bridgehead atoms. The van der Waals surface area contributed by atoms with Crippen molar-refractivity contribution in [1.29, 1.82) is 0 Å². The van der Waals surface area contributed by atoms with Gasteiger partial charge in [-0.15, -0.1) is 11.3 Å². The second-order valence-electron chi connectivity index (χ2n) is 3.71. The first kappa shape index (κ1) is 12.6. The lowest BCUT2D eigenvalue weighted by atomic mass is 10.2. The smallest absolute Gasteiger partial charge is 0.330 e. The van der Waals surface area contributed by atoms with E-state index in [2.05, 4.69) is 28.9 Å². The highest BCUT2D eigenvalue weighted by Crippen LogP contribution is 2.23. The molecule has 0 saturated carbocycles. The summed E-state index contributed by atoms with van der Waals surface area (Å²) in [6, 6.07) is 8.33. The Labute approximate surface area is 110 Å². The monoisotopic (exact) mass is 261 g/mol. The van der Waals surface area contributed by atoms with Gasteiger partial charge in [-0.1, -0.05) is 6.08 Å². The molecular formula is C14H15NO2S. The summed E-state index contributed by atoms with van der Waals surface area (Å²) in [5.41, 5.74) is 1.05. The molecule has 94 valence electrons. The standard InChI is InChI=1S/C14H15NO2S/c1-2-17-14(16)4-3-8-15-12-5-6-13-11(10-12)7-9-18-13/h3-7,9-10,15H,2,8H2,1H3/b4-3+. The number of carbonyl (C=O) groups is 1. The molecule has 1 aromatic carbocycles. The van der Waals surface area contributed by atoms with Crippen molar-refractivity contribution in [3.63, 3.8) is 0 Å². The Hall–Kier alpha value is -1.81. The third-order valence-corrected chi connectivity index (χ3v) is 3.31. The van der Waals surface area contributed by atoms with Crippen LogP contribution in [0.3, 0.4) is 0 Å². The summed E-state index contributed by atoms with van der Waals surface area (Å²) in [4.78, 5) is 11.1. The van der Waals surface area contributed by atoms with Crippen molar-refractivity contribution < 1.29 is 9.53 Å². The van der Waals surface area contributed by atoms with Gasteiger partial charge in [-0.05, 0) is 42.0 Å². The Morgan fingerprint density at radius 3 is 3.17 bits per heavy atom. The Morgan fingerprint density at radius 1 is 1.44 bits per heavy atom. The Morgan fingerprint density at radius 2 is 2.33 bits per heavy atom. The number of carbonyl (C=O) groups excluding carboxylic acids is 1. The maximum absolute atomic E-state index is 11.1. The minimum Gasteiger partial charge on any atom is -0.463 e. The fraction of sp³-hybridized carbons (Fsp3) is 0.214. The van der Waals surface area contributed by atoms with Gasteiger partial charge in [0.25, 0.3) is 0 Å². The van der Waals surface area contributed by atoms with Crippen LogP contribution in [0.4, 0.5) is 5.69 Å². The van der Waals surface area contributed by atoms with E-state index in [0.29, 0.717) is 13.2 Å². The molecule has 0 radical (unpaired) electrons. The van der Waals surface area contributed by atoms with E-state index in [9.17, 15) is 4.79 Å². The summed E-state index contributed by atoms with van der Waals surface area (Å²) in [6.45, 7) is 2.81. The molecule has 18 heavy (non-hydrogen) atoms. The van der Waals surface area contributed by atoms with E-state index >= 15 is 0 Å². The average Bonchev–Trinajstić information content (AvgIpc) is 2.82. The molecule has 0 amide bonds. The fourth-order valence-corrected chi connectivity index (χ4v) is 2.37. The van der Waals surface area contributed by atoms with E-state index in [4.69, 9.17) is 4.74 Å². The molecule has 0 atom stereocenters. The number of thiophene rings is 1. The Kier molecular flexibility index (Phi) is 4.36. The van der Waals surface area contributed by atoms with Crippen LogP contribution in [0.25, 0.3) is 10.1 Å². The molecule has 0 saturated heterocycles. The normalized spacial score (nSPS) is 10.9. The zero-order valence-corrected chi connectivity index (χ0v) is 11.0. The molecule has 0 spiro atoms. The summed E-state index contributed by atoms with van der Waals surface area (Å²) in [6.07, 6.45) is 3.20. The van der Waals surface area contributed by atoms with Crippen molar-refractivity contribution in [3.8, 4) is 0 Å². The SMILES string of the molecule is CCOC(=O)/C=C/CNc1ccc2sccc2c1.